The van der Waals surface area contributed by atoms with Crippen molar-refractivity contribution in [3.05, 3.63) is 65.2 Å². The smallest absolute Gasteiger partial charge is 0.253 e. The lowest BCUT2D eigenvalue weighted by Crippen LogP contribution is -2.27. The number of carbonyl (C=O) groups excluding carboxylic acids is 1. The van der Waals surface area contributed by atoms with Gasteiger partial charge >= 0.3 is 0 Å². The molecular weight excluding hydrogens is 324 g/mol. The normalized spacial score (nSPS) is 11.2. The van der Waals surface area contributed by atoms with Crippen LogP contribution in [-0.4, -0.2) is 39.6 Å². The number of hydrogen-bond donors (Lipinski definition) is 0. The van der Waals surface area contributed by atoms with Crippen molar-refractivity contribution >= 4 is 21.6 Å². The standard InChI is InChI=1S/C18H22N2O3S/c1-14-5-7-15(8-6-14)13-19(2)18(21)16-9-11-17(12-10-16)20(3)24(4,22)23/h5-12H,13H2,1-4H3. The van der Waals surface area contributed by atoms with E-state index in [1.54, 1.807) is 36.2 Å². The van der Waals surface area contributed by atoms with Gasteiger partial charge in [-0.1, -0.05) is 29.8 Å². The molecule has 0 N–H and O–H groups in total. The van der Waals surface area contributed by atoms with Crippen molar-refractivity contribution in [3.63, 3.8) is 0 Å². The van der Waals surface area contributed by atoms with Gasteiger partial charge in [0.25, 0.3) is 5.91 Å². The van der Waals surface area contributed by atoms with E-state index in [0.717, 1.165) is 11.8 Å². The Bertz CT molecular complexity index is 812. The Balaban J connectivity index is 2.10. The molecule has 0 saturated carbocycles. The average Bonchev–Trinajstić information content (AvgIpc) is 2.55. The van der Waals surface area contributed by atoms with Crippen LogP contribution in [0, 0.1) is 6.92 Å². The highest BCUT2D eigenvalue weighted by Crippen LogP contribution is 2.17. The minimum atomic E-state index is -3.31. The lowest BCUT2D eigenvalue weighted by atomic mass is 10.1. The molecule has 0 heterocycles. The van der Waals surface area contributed by atoms with Crippen LogP contribution >= 0.6 is 0 Å². The first-order valence-electron chi connectivity index (χ1n) is 7.53. The molecule has 1 amide bonds. The van der Waals surface area contributed by atoms with E-state index in [-0.39, 0.29) is 5.91 Å². The van der Waals surface area contributed by atoms with Crippen LogP contribution in [0.25, 0.3) is 0 Å². The molecular formula is C18H22N2O3S. The van der Waals surface area contributed by atoms with Crippen LogP contribution in [0.4, 0.5) is 5.69 Å². The highest BCUT2D eigenvalue weighted by atomic mass is 32.2. The maximum absolute atomic E-state index is 12.5. The predicted octanol–water partition coefficient (Wildman–Crippen LogP) is 2.66. The van der Waals surface area contributed by atoms with E-state index in [1.165, 1.54) is 16.9 Å². The van der Waals surface area contributed by atoms with Crippen LogP contribution in [0.2, 0.25) is 0 Å². The number of sulfonamides is 1. The number of anilines is 1. The minimum absolute atomic E-state index is 0.107. The Labute approximate surface area is 143 Å². The Morgan fingerprint density at radius 3 is 2.00 bits per heavy atom. The van der Waals surface area contributed by atoms with E-state index in [0.29, 0.717) is 17.8 Å². The summed E-state index contributed by atoms with van der Waals surface area (Å²) in [6.45, 7) is 2.54. The number of nitrogens with zero attached hydrogens (tertiary/aromatic N) is 2. The van der Waals surface area contributed by atoms with Crippen LogP contribution in [0.5, 0.6) is 0 Å². The molecule has 0 aliphatic heterocycles. The zero-order valence-corrected chi connectivity index (χ0v) is 15.2. The first-order valence-corrected chi connectivity index (χ1v) is 9.38. The zero-order valence-electron chi connectivity index (χ0n) is 14.4. The molecule has 0 radical (unpaired) electrons. The van der Waals surface area contributed by atoms with Gasteiger partial charge in [-0.15, -0.1) is 0 Å². The summed E-state index contributed by atoms with van der Waals surface area (Å²) in [5, 5.41) is 0. The van der Waals surface area contributed by atoms with Crippen molar-refractivity contribution in [1.29, 1.82) is 0 Å². The molecule has 0 spiro atoms. The number of amides is 1. The van der Waals surface area contributed by atoms with Crippen LogP contribution in [0.1, 0.15) is 21.5 Å². The SMILES string of the molecule is Cc1ccc(CN(C)C(=O)c2ccc(N(C)S(C)(=O)=O)cc2)cc1. The molecule has 0 unspecified atom stereocenters. The average molecular weight is 346 g/mol. The van der Waals surface area contributed by atoms with Crippen molar-refractivity contribution in [2.24, 2.45) is 0 Å². The molecule has 2 aromatic carbocycles. The number of benzene rings is 2. The lowest BCUT2D eigenvalue weighted by molar-refractivity contribution is 0.0785. The predicted molar refractivity (Wildman–Crippen MR) is 96.7 cm³/mol. The van der Waals surface area contributed by atoms with Gasteiger partial charge in [0.1, 0.15) is 0 Å². The van der Waals surface area contributed by atoms with Gasteiger partial charge < -0.3 is 4.90 Å². The monoisotopic (exact) mass is 346 g/mol. The van der Waals surface area contributed by atoms with Crippen LogP contribution < -0.4 is 4.31 Å². The third-order valence-electron chi connectivity index (χ3n) is 3.86. The quantitative estimate of drug-likeness (QED) is 0.836. The van der Waals surface area contributed by atoms with Crippen molar-refractivity contribution < 1.29 is 13.2 Å². The van der Waals surface area contributed by atoms with E-state index in [4.69, 9.17) is 0 Å². The van der Waals surface area contributed by atoms with E-state index in [2.05, 4.69) is 0 Å². The van der Waals surface area contributed by atoms with Crippen LogP contribution in [-0.2, 0) is 16.6 Å². The summed E-state index contributed by atoms with van der Waals surface area (Å²) >= 11 is 0. The molecule has 0 aliphatic carbocycles. The molecule has 24 heavy (non-hydrogen) atoms. The van der Waals surface area contributed by atoms with E-state index < -0.39 is 10.0 Å². The third-order valence-corrected chi connectivity index (χ3v) is 5.07. The Morgan fingerprint density at radius 1 is 0.958 bits per heavy atom. The molecule has 0 saturated heterocycles. The van der Waals surface area contributed by atoms with Crippen molar-refractivity contribution in [2.45, 2.75) is 13.5 Å². The van der Waals surface area contributed by atoms with Gasteiger partial charge in [-0.25, -0.2) is 8.42 Å². The zero-order chi connectivity index (χ0) is 17.9. The second kappa shape index (κ2) is 7.05. The highest BCUT2D eigenvalue weighted by Gasteiger charge is 2.15. The summed E-state index contributed by atoms with van der Waals surface area (Å²) in [4.78, 5) is 14.1. The summed E-state index contributed by atoms with van der Waals surface area (Å²) in [6, 6.07) is 14.6. The number of aryl methyl sites for hydroxylation is 1. The lowest BCUT2D eigenvalue weighted by Gasteiger charge is -2.19. The van der Waals surface area contributed by atoms with Crippen LogP contribution in [0.3, 0.4) is 0 Å². The second-order valence-electron chi connectivity index (χ2n) is 5.92. The largest absolute Gasteiger partial charge is 0.337 e. The minimum Gasteiger partial charge on any atom is -0.337 e. The van der Waals surface area contributed by atoms with Gasteiger partial charge in [-0.3, -0.25) is 9.10 Å². The van der Waals surface area contributed by atoms with Crippen LogP contribution in [0.15, 0.2) is 48.5 Å². The summed E-state index contributed by atoms with van der Waals surface area (Å²) in [6.07, 6.45) is 1.14. The molecule has 0 aromatic heterocycles. The number of carbonyl (C=O) groups is 1. The molecule has 6 heteroatoms. The Kier molecular flexibility index (Phi) is 5.29. The molecule has 0 atom stereocenters. The summed E-state index contributed by atoms with van der Waals surface area (Å²) in [7, 11) is -0.0810. The summed E-state index contributed by atoms with van der Waals surface area (Å²) in [5.41, 5.74) is 3.29. The van der Waals surface area contributed by atoms with Crippen molar-refractivity contribution in [3.8, 4) is 0 Å². The van der Waals surface area contributed by atoms with Gasteiger partial charge in [0.05, 0.1) is 11.9 Å². The van der Waals surface area contributed by atoms with Gasteiger partial charge in [0.15, 0.2) is 0 Å². The van der Waals surface area contributed by atoms with Gasteiger partial charge in [0, 0.05) is 26.2 Å². The maximum Gasteiger partial charge on any atom is 0.253 e. The Morgan fingerprint density at radius 2 is 1.50 bits per heavy atom. The van der Waals surface area contributed by atoms with Gasteiger partial charge in [-0.05, 0) is 36.8 Å². The molecule has 128 valence electrons. The van der Waals surface area contributed by atoms with Crippen molar-refractivity contribution in [2.75, 3.05) is 24.7 Å². The Hall–Kier alpha value is -2.34. The first-order chi connectivity index (χ1) is 11.2. The molecule has 0 bridgehead atoms. The number of rotatable bonds is 5. The molecule has 5 nitrogen and oxygen atoms in total. The van der Waals surface area contributed by atoms with E-state index >= 15 is 0 Å². The fraction of sp³-hybridized carbons (Fsp3) is 0.278. The third kappa shape index (κ3) is 4.35. The summed E-state index contributed by atoms with van der Waals surface area (Å²) in [5.74, 6) is -0.107. The van der Waals surface area contributed by atoms with Gasteiger partial charge in [0.2, 0.25) is 10.0 Å². The van der Waals surface area contributed by atoms with E-state index in [1.807, 2.05) is 31.2 Å². The first kappa shape index (κ1) is 18.0. The fourth-order valence-corrected chi connectivity index (χ4v) is 2.77. The molecule has 0 aliphatic rings. The summed E-state index contributed by atoms with van der Waals surface area (Å²) < 4.78 is 24.3. The fourth-order valence-electron chi connectivity index (χ4n) is 2.26. The topological polar surface area (TPSA) is 57.7 Å². The van der Waals surface area contributed by atoms with Gasteiger partial charge in [-0.2, -0.15) is 0 Å². The molecule has 2 rings (SSSR count). The highest BCUT2D eigenvalue weighted by molar-refractivity contribution is 7.92. The maximum atomic E-state index is 12.5. The van der Waals surface area contributed by atoms with Crippen molar-refractivity contribution in [1.82, 2.24) is 4.90 Å². The second-order valence-corrected chi connectivity index (χ2v) is 7.94. The molecule has 0 fully saturated rings. The molecule has 2 aromatic rings. The van der Waals surface area contributed by atoms with E-state index in [9.17, 15) is 13.2 Å². The number of hydrogen-bond acceptors (Lipinski definition) is 3.